The minimum atomic E-state index is 0. The molecule has 0 aliphatic rings. The molecule has 0 atom stereocenters. The summed E-state index contributed by atoms with van der Waals surface area (Å²) in [5.74, 6) is 0. The fraction of sp³-hybridized carbons (Fsp3) is 0.240. The van der Waals surface area contributed by atoms with E-state index in [1.807, 2.05) is 12.3 Å². The molecule has 3 nitrogen and oxygen atoms in total. The molecule has 2 aromatic carbocycles. The summed E-state index contributed by atoms with van der Waals surface area (Å²) in [5, 5.41) is 2.22. The van der Waals surface area contributed by atoms with Crippen molar-refractivity contribution in [2.45, 2.75) is 40.0 Å². The molecule has 0 aliphatic heterocycles. The second-order valence-electron chi connectivity index (χ2n) is 6.95. The molecule has 162 valence electrons. The van der Waals surface area contributed by atoms with Gasteiger partial charge in [0.15, 0.2) is 0 Å². The van der Waals surface area contributed by atoms with E-state index >= 15 is 0 Å². The number of halogens is 2. The first-order valence-corrected chi connectivity index (χ1v) is 10.1. The zero-order valence-corrected chi connectivity index (χ0v) is 20.5. The molecule has 6 heteroatoms. The topological polar surface area (TPSA) is 38.1 Å². The summed E-state index contributed by atoms with van der Waals surface area (Å²) in [4.78, 5) is 14.7. The van der Waals surface area contributed by atoms with E-state index in [2.05, 4.69) is 74.3 Å². The van der Waals surface area contributed by atoms with Crippen LogP contribution in [0.1, 0.15) is 44.0 Å². The van der Waals surface area contributed by atoms with Gasteiger partial charge in [0, 0.05) is 17.0 Å². The van der Waals surface area contributed by atoms with Crippen LogP contribution in [0.3, 0.4) is 0 Å². The molecule has 0 unspecified atom stereocenters. The Hall–Kier alpha value is -1.97. The van der Waals surface area contributed by atoms with Gasteiger partial charge in [-0.2, -0.15) is 0 Å². The van der Waals surface area contributed by atoms with E-state index in [1.54, 1.807) is 0 Å². The summed E-state index contributed by atoms with van der Waals surface area (Å²) < 4.78 is 0. The summed E-state index contributed by atoms with van der Waals surface area (Å²) in [6, 6.07) is 19.0. The second kappa shape index (κ2) is 12.2. The molecule has 31 heavy (non-hydrogen) atoms. The summed E-state index contributed by atoms with van der Waals surface area (Å²) in [5.41, 5.74) is 7.53. The van der Waals surface area contributed by atoms with E-state index < -0.39 is 0 Å². The van der Waals surface area contributed by atoms with Crippen molar-refractivity contribution < 1.29 is 41.9 Å². The fourth-order valence-electron chi connectivity index (χ4n) is 3.70. The molecule has 4 rings (SSSR count). The van der Waals surface area contributed by atoms with E-state index in [1.165, 1.54) is 11.1 Å². The largest absolute Gasteiger partial charge is 2.00 e. The molecule has 0 radical (unpaired) electrons. The minimum Gasteiger partial charge on any atom is -1.00 e. The second-order valence-corrected chi connectivity index (χ2v) is 6.95. The minimum absolute atomic E-state index is 0. The number of hydrogen-bond acceptors (Lipinski definition) is 3. The van der Waals surface area contributed by atoms with E-state index in [9.17, 15) is 0 Å². The van der Waals surface area contributed by atoms with Crippen LogP contribution >= 0.6 is 0 Å². The zero-order valence-electron chi connectivity index (χ0n) is 17.8. The van der Waals surface area contributed by atoms with Gasteiger partial charge < -0.3 is 24.8 Å². The van der Waals surface area contributed by atoms with Crippen molar-refractivity contribution in [3.63, 3.8) is 0 Å². The Kier molecular flexibility index (Phi) is 10.6. The van der Waals surface area contributed by atoms with E-state index in [0.717, 1.165) is 58.2 Å². The summed E-state index contributed by atoms with van der Waals surface area (Å²) in [6.45, 7) is 6.52. The number of para-hydroxylation sites is 1. The van der Waals surface area contributed by atoms with Crippen LogP contribution in [0.15, 0.2) is 65.8 Å². The molecule has 0 fully saturated rings. The average molecular weight is 494 g/mol. The number of nitrogens with zero attached hydrogens (tertiary/aromatic N) is 3. The van der Waals surface area contributed by atoms with Crippen molar-refractivity contribution in [2.24, 2.45) is 4.99 Å². The smallest absolute Gasteiger partial charge is 1.00 e. The molecular formula is C25H25Cl2FeN3. The van der Waals surface area contributed by atoms with E-state index in [0.29, 0.717) is 0 Å². The van der Waals surface area contributed by atoms with Crippen LogP contribution in [0.2, 0.25) is 0 Å². The van der Waals surface area contributed by atoms with Gasteiger partial charge in [-0.1, -0.05) is 63.2 Å². The molecular weight excluding hydrogens is 469 g/mol. The maximum Gasteiger partial charge on any atom is 2.00 e. The van der Waals surface area contributed by atoms with Gasteiger partial charge in [0.25, 0.3) is 0 Å². The number of aliphatic imine (C=N–C) groups is 1. The first kappa shape index (κ1) is 27.1. The molecule has 0 spiro atoms. The van der Waals surface area contributed by atoms with Gasteiger partial charge >= 0.3 is 17.1 Å². The van der Waals surface area contributed by atoms with Crippen molar-refractivity contribution in [1.29, 1.82) is 0 Å². The third-order valence-corrected chi connectivity index (χ3v) is 5.27. The Morgan fingerprint density at radius 2 is 1.39 bits per heavy atom. The van der Waals surface area contributed by atoms with Crippen LogP contribution in [0.4, 0.5) is 5.69 Å². The summed E-state index contributed by atoms with van der Waals surface area (Å²) in [6.07, 6.45) is 4.61. The normalized spacial score (nSPS) is 10.9. The van der Waals surface area contributed by atoms with Crippen LogP contribution in [0.25, 0.3) is 21.8 Å². The van der Waals surface area contributed by atoms with Crippen LogP contribution in [0, 0.1) is 0 Å². The van der Waals surface area contributed by atoms with Gasteiger partial charge in [-0.05, 0) is 42.5 Å². The molecule has 0 amide bonds. The molecule has 0 bridgehead atoms. The Bertz CT molecular complexity index is 1170. The maximum absolute atomic E-state index is 5.11. The van der Waals surface area contributed by atoms with Crippen LogP contribution in [-0.4, -0.2) is 15.7 Å². The van der Waals surface area contributed by atoms with Crippen molar-refractivity contribution >= 4 is 33.2 Å². The number of benzene rings is 2. The van der Waals surface area contributed by atoms with Crippen molar-refractivity contribution in [3.8, 4) is 0 Å². The third kappa shape index (κ3) is 5.45. The van der Waals surface area contributed by atoms with Gasteiger partial charge in [-0.15, -0.1) is 0 Å². The van der Waals surface area contributed by atoms with Gasteiger partial charge in [0.05, 0.1) is 28.1 Å². The van der Waals surface area contributed by atoms with Crippen LogP contribution in [-0.2, 0) is 29.9 Å². The van der Waals surface area contributed by atoms with Gasteiger partial charge in [-0.25, -0.2) is 4.98 Å². The molecule has 2 aromatic heterocycles. The molecule has 0 N–H and O–H groups in total. The van der Waals surface area contributed by atoms with Crippen molar-refractivity contribution in [2.75, 3.05) is 0 Å². The predicted molar refractivity (Wildman–Crippen MR) is 119 cm³/mol. The Morgan fingerprint density at radius 3 is 2.00 bits per heavy atom. The molecule has 0 aliphatic carbocycles. The Labute approximate surface area is 207 Å². The predicted octanol–water partition coefficient (Wildman–Crippen LogP) is 0.444. The van der Waals surface area contributed by atoms with Crippen molar-refractivity contribution in [3.05, 3.63) is 77.6 Å². The van der Waals surface area contributed by atoms with Crippen molar-refractivity contribution in [1.82, 2.24) is 9.97 Å². The SMILES string of the molecule is CCC(=Nc1c(CC)cccc1CC)c1ccc2ccc3cccnc3c2n1.[Cl-].[Cl-].[Fe+2]. The number of rotatable bonds is 5. The van der Waals surface area contributed by atoms with E-state index in [4.69, 9.17) is 9.98 Å². The molecule has 4 aromatic rings. The van der Waals surface area contributed by atoms with Crippen LogP contribution in [0.5, 0.6) is 0 Å². The number of aromatic nitrogens is 2. The fourth-order valence-corrected chi connectivity index (χ4v) is 3.70. The summed E-state index contributed by atoms with van der Waals surface area (Å²) >= 11 is 0. The Morgan fingerprint density at radius 1 is 0.774 bits per heavy atom. The monoisotopic (exact) mass is 493 g/mol. The standard InChI is InChI=1S/C25H25N3.2ClH.Fe/c1-4-17-9-7-10-18(5-2)23(17)27-21(6-3)22-15-14-20-13-12-19-11-8-16-26-24(19)25(20)28-22;;;/h7-16H,4-6H2,1-3H3;2*1H;/q;;;+2/p-2. The first-order chi connectivity index (χ1) is 13.7. The van der Waals surface area contributed by atoms with Crippen LogP contribution < -0.4 is 24.8 Å². The molecule has 0 saturated carbocycles. The quantitative estimate of drug-likeness (QED) is 0.230. The zero-order chi connectivity index (χ0) is 19.5. The van der Waals surface area contributed by atoms with Gasteiger partial charge in [0.2, 0.25) is 0 Å². The Balaban J connectivity index is 0.00000160. The average Bonchev–Trinajstić information content (AvgIpc) is 2.76. The number of aryl methyl sites for hydroxylation is 2. The van der Waals surface area contributed by atoms with Gasteiger partial charge in [0.1, 0.15) is 0 Å². The number of hydrogen-bond donors (Lipinski definition) is 0. The number of pyridine rings is 2. The molecule has 0 saturated heterocycles. The maximum atomic E-state index is 5.11. The first-order valence-electron chi connectivity index (χ1n) is 10.1. The molecule has 2 heterocycles. The summed E-state index contributed by atoms with van der Waals surface area (Å²) in [7, 11) is 0. The van der Waals surface area contributed by atoms with Gasteiger partial charge in [-0.3, -0.25) is 9.98 Å². The number of fused-ring (bicyclic) bond motifs is 3. The van der Waals surface area contributed by atoms with E-state index in [-0.39, 0.29) is 41.9 Å². The third-order valence-electron chi connectivity index (χ3n) is 5.27.